The van der Waals surface area contributed by atoms with Crippen molar-refractivity contribution in [3.05, 3.63) is 26.5 Å². The summed E-state index contributed by atoms with van der Waals surface area (Å²) in [5, 5.41) is 0.268. The Morgan fingerprint density at radius 3 is 2.60 bits per heavy atom. The molecule has 1 nitrogen and oxygen atoms in total. The largest absolute Gasteiger partial charge is 0.395 e. The topological polar surface area (TPSA) is 26.0 Å². The number of benzene rings is 1. The Kier molecular flexibility index (Phi) is 2.36. The van der Waals surface area contributed by atoms with Gasteiger partial charge in [-0.25, -0.2) is 4.39 Å². The maximum Gasteiger partial charge on any atom is 0.148 e. The summed E-state index contributed by atoms with van der Waals surface area (Å²) >= 11 is 7.52. The number of hydrogen-bond acceptors (Lipinski definition) is 1. The SMILES string of the molecule is Nc1c(F)cc(I)cc1Cl. The van der Waals surface area contributed by atoms with Crippen LogP contribution in [0.25, 0.3) is 0 Å². The lowest BCUT2D eigenvalue weighted by Crippen LogP contribution is -1.91. The molecule has 0 heterocycles. The molecule has 10 heavy (non-hydrogen) atoms. The summed E-state index contributed by atoms with van der Waals surface area (Å²) in [4.78, 5) is 0. The van der Waals surface area contributed by atoms with Crippen LogP contribution in [0.1, 0.15) is 0 Å². The monoisotopic (exact) mass is 271 g/mol. The molecular weight excluding hydrogens is 267 g/mol. The van der Waals surface area contributed by atoms with Crippen LogP contribution in [0, 0.1) is 9.39 Å². The van der Waals surface area contributed by atoms with Crippen LogP contribution in [0.2, 0.25) is 5.02 Å². The van der Waals surface area contributed by atoms with Gasteiger partial charge in [-0.1, -0.05) is 11.6 Å². The van der Waals surface area contributed by atoms with E-state index in [9.17, 15) is 4.39 Å². The summed E-state index contributed by atoms with van der Waals surface area (Å²) in [7, 11) is 0. The molecule has 1 rings (SSSR count). The van der Waals surface area contributed by atoms with Crippen molar-refractivity contribution in [3.8, 4) is 0 Å². The van der Waals surface area contributed by atoms with Gasteiger partial charge in [0.1, 0.15) is 5.82 Å². The summed E-state index contributed by atoms with van der Waals surface area (Å²) in [6.45, 7) is 0. The Balaban J connectivity index is 3.31. The van der Waals surface area contributed by atoms with Crippen molar-refractivity contribution in [1.29, 1.82) is 0 Å². The molecule has 0 bridgehead atoms. The first-order valence-corrected chi connectivity index (χ1v) is 3.97. The number of anilines is 1. The van der Waals surface area contributed by atoms with Gasteiger partial charge < -0.3 is 5.73 Å². The van der Waals surface area contributed by atoms with Gasteiger partial charge in [-0.15, -0.1) is 0 Å². The minimum absolute atomic E-state index is 0.0158. The molecule has 0 fully saturated rings. The van der Waals surface area contributed by atoms with E-state index in [-0.39, 0.29) is 10.7 Å². The Labute approximate surface area is 76.5 Å². The first-order valence-electron chi connectivity index (χ1n) is 2.51. The first kappa shape index (κ1) is 8.07. The summed E-state index contributed by atoms with van der Waals surface area (Å²) < 4.78 is 13.4. The lowest BCUT2D eigenvalue weighted by atomic mass is 10.3. The first-order chi connectivity index (χ1) is 4.61. The van der Waals surface area contributed by atoms with E-state index >= 15 is 0 Å². The van der Waals surface area contributed by atoms with E-state index in [0.717, 1.165) is 3.57 Å². The van der Waals surface area contributed by atoms with Crippen LogP contribution in [-0.4, -0.2) is 0 Å². The van der Waals surface area contributed by atoms with Crippen molar-refractivity contribution in [2.75, 3.05) is 5.73 Å². The molecule has 0 aromatic heterocycles. The van der Waals surface area contributed by atoms with Gasteiger partial charge in [0.15, 0.2) is 0 Å². The van der Waals surface area contributed by atoms with Crippen molar-refractivity contribution in [1.82, 2.24) is 0 Å². The fourth-order valence-electron chi connectivity index (χ4n) is 0.553. The van der Waals surface area contributed by atoms with E-state index in [2.05, 4.69) is 0 Å². The Morgan fingerprint density at radius 1 is 1.50 bits per heavy atom. The molecule has 0 aliphatic rings. The lowest BCUT2D eigenvalue weighted by Gasteiger charge is -1.98. The van der Waals surface area contributed by atoms with E-state index in [1.807, 2.05) is 22.6 Å². The second-order valence-electron chi connectivity index (χ2n) is 1.78. The van der Waals surface area contributed by atoms with Crippen LogP contribution in [0.4, 0.5) is 10.1 Å². The summed E-state index contributed by atoms with van der Waals surface area (Å²) in [6.07, 6.45) is 0. The maximum atomic E-state index is 12.6. The third-order valence-corrected chi connectivity index (χ3v) is 1.98. The minimum Gasteiger partial charge on any atom is -0.395 e. The molecule has 0 atom stereocenters. The Morgan fingerprint density at radius 2 is 2.10 bits per heavy atom. The average molecular weight is 271 g/mol. The molecule has 0 saturated carbocycles. The van der Waals surface area contributed by atoms with Crippen LogP contribution < -0.4 is 5.73 Å². The van der Waals surface area contributed by atoms with Crippen molar-refractivity contribution < 1.29 is 4.39 Å². The highest BCUT2D eigenvalue weighted by Crippen LogP contribution is 2.24. The van der Waals surface area contributed by atoms with Crippen molar-refractivity contribution >= 4 is 39.9 Å². The molecule has 0 aliphatic carbocycles. The number of nitrogen functional groups attached to an aromatic ring is 1. The molecule has 0 unspecified atom stereocenters. The van der Waals surface area contributed by atoms with Crippen molar-refractivity contribution in [3.63, 3.8) is 0 Å². The van der Waals surface area contributed by atoms with Gasteiger partial charge in [0, 0.05) is 3.57 Å². The fraction of sp³-hybridized carbons (Fsp3) is 0. The van der Waals surface area contributed by atoms with Gasteiger partial charge in [-0.05, 0) is 34.7 Å². The zero-order chi connectivity index (χ0) is 7.72. The van der Waals surface area contributed by atoms with Crippen LogP contribution in [0.15, 0.2) is 12.1 Å². The molecule has 0 saturated heterocycles. The molecule has 2 N–H and O–H groups in total. The van der Waals surface area contributed by atoms with Gasteiger partial charge in [-0.2, -0.15) is 0 Å². The molecule has 54 valence electrons. The van der Waals surface area contributed by atoms with Crippen LogP contribution in [0.3, 0.4) is 0 Å². The number of halogens is 3. The van der Waals surface area contributed by atoms with E-state index in [4.69, 9.17) is 17.3 Å². The molecule has 0 aliphatic heterocycles. The lowest BCUT2D eigenvalue weighted by molar-refractivity contribution is 0.631. The third-order valence-electron chi connectivity index (χ3n) is 1.04. The van der Waals surface area contributed by atoms with E-state index in [0.29, 0.717) is 0 Å². The molecule has 0 radical (unpaired) electrons. The van der Waals surface area contributed by atoms with Crippen LogP contribution >= 0.6 is 34.2 Å². The molecular formula is C6H4ClFIN. The number of nitrogens with two attached hydrogens (primary N) is 1. The van der Waals surface area contributed by atoms with Crippen LogP contribution in [0.5, 0.6) is 0 Å². The molecule has 4 heteroatoms. The van der Waals surface area contributed by atoms with Crippen molar-refractivity contribution in [2.24, 2.45) is 0 Å². The molecule has 1 aromatic rings. The minimum atomic E-state index is -0.461. The summed E-state index contributed by atoms with van der Waals surface area (Å²) in [5.74, 6) is -0.461. The zero-order valence-corrected chi connectivity index (χ0v) is 7.78. The van der Waals surface area contributed by atoms with Gasteiger partial charge >= 0.3 is 0 Å². The van der Waals surface area contributed by atoms with Gasteiger partial charge in [0.2, 0.25) is 0 Å². The highest BCUT2D eigenvalue weighted by Gasteiger charge is 2.03. The molecule has 1 aromatic carbocycles. The van der Waals surface area contributed by atoms with E-state index in [1.54, 1.807) is 6.07 Å². The fourth-order valence-corrected chi connectivity index (χ4v) is 1.53. The van der Waals surface area contributed by atoms with Gasteiger partial charge in [0.25, 0.3) is 0 Å². The van der Waals surface area contributed by atoms with Crippen molar-refractivity contribution in [2.45, 2.75) is 0 Å². The second kappa shape index (κ2) is 2.92. The second-order valence-corrected chi connectivity index (χ2v) is 3.44. The highest BCUT2D eigenvalue weighted by atomic mass is 127. The van der Waals surface area contributed by atoms with E-state index in [1.165, 1.54) is 6.07 Å². The quantitative estimate of drug-likeness (QED) is 0.570. The number of hydrogen-bond donors (Lipinski definition) is 1. The smallest absolute Gasteiger partial charge is 0.148 e. The van der Waals surface area contributed by atoms with Gasteiger partial charge in [0.05, 0.1) is 10.7 Å². The normalized spacial score (nSPS) is 9.90. The Hall–Kier alpha value is -0.0300. The maximum absolute atomic E-state index is 12.6. The zero-order valence-electron chi connectivity index (χ0n) is 4.87. The van der Waals surface area contributed by atoms with Gasteiger partial charge in [-0.3, -0.25) is 0 Å². The van der Waals surface area contributed by atoms with Crippen LogP contribution in [-0.2, 0) is 0 Å². The number of rotatable bonds is 0. The predicted octanol–water partition coefficient (Wildman–Crippen LogP) is 2.67. The highest BCUT2D eigenvalue weighted by molar-refractivity contribution is 14.1. The standard InChI is InChI=1S/C6H4ClFIN/c7-4-1-3(9)2-5(8)6(4)10/h1-2H,10H2. The molecule has 0 amide bonds. The third kappa shape index (κ3) is 1.52. The van der Waals surface area contributed by atoms with E-state index < -0.39 is 5.82 Å². The predicted molar refractivity (Wildman–Crippen MR) is 48.5 cm³/mol. The summed E-state index contributed by atoms with van der Waals surface area (Å²) in [6, 6.07) is 2.95. The Bertz CT molecular complexity index is 241. The molecule has 0 spiro atoms. The average Bonchev–Trinajstić information content (AvgIpc) is 1.82. The summed E-state index contributed by atoms with van der Waals surface area (Å²) in [5.41, 5.74) is 5.26.